The zero-order chi connectivity index (χ0) is 16.9. The average molecular weight is 322 g/mol. The number of hydrogen-bond acceptors (Lipinski definition) is 3. The lowest BCUT2D eigenvalue weighted by molar-refractivity contribution is -0.133. The summed E-state index contributed by atoms with van der Waals surface area (Å²) in [6, 6.07) is 9.60. The van der Waals surface area contributed by atoms with E-state index >= 15 is 0 Å². The van der Waals surface area contributed by atoms with Crippen molar-refractivity contribution in [3.8, 4) is 0 Å². The molecule has 0 saturated heterocycles. The van der Waals surface area contributed by atoms with Crippen molar-refractivity contribution >= 4 is 28.9 Å². The van der Waals surface area contributed by atoms with E-state index in [0.717, 1.165) is 29.3 Å². The molecule has 5 nitrogen and oxygen atoms in total. The molecule has 0 atom stereocenters. The van der Waals surface area contributed by atoms with Crippen LogP contribution in [0.1, 0.15) is 31.2 Å². The lowest BCUT2D eigenvalue weighted by Crippen LogP contribution is -2.25. The molecule has 1 amide bonds. The van der Waals surface area contributed by atoms with Gasteiger partial charge in [-0.1, -0.05) is 24.3 Å². The van der Waals surface area contributed by atoms with Crippen molar-refractivity contribution in [3.05, 3.63) is 59.4 Å². The molecule has 24 heavy (non-hydrogen) atoms. The Labute approximate surface area is 139 Å². The number of carbonyl (C=O) groups excluding carboxylic acids is 1. The van der Waals surface area contributed by atoms with Crippen molar-refractivity contribution in [2.45, 2.75) is 25.7 Å². The minimum Gasteiger partial charge on any atom is -0.478 e. The number of rotatable bonds is 4. The van der Waals surface area contributed by atoms with E-state index < -0.39 is 5.97 Å². The number of fused-ring (bicyclic) bond motifs is 1. The maximum Gasteiger partial charge on any atom is 0.333 e. The summed E-state index contributed by atoms with van der Waals surface area (Å²) < 4.78 is 0. The minimum absolute atomic E-state index is 0.315. The molecule has 1 aliphatic carbocycles. The van der Waals surface area contributed by atoms with E-state index in [1.807, 2.05) is 30.3 Å². The summed E-state index contributed by atoms with van der Waals surface area (Å²) in [6.45, 7) is 0. The van der Waals surface area contributed by atoms with E-state index in [0.29, 0.717) is 24.1 Å². The first-order chi connectivity index (χ1) is 11.6. The largest absolute Gasteiger partial charge is 0.478 e. The van der Waals surface area contributed by atoms with Crippen molar-refractivity contribution in [2.75, 3.05) is 0 Å². The highest BCUT2D eigenvalue weighted by Gasteiger charge is 2.19. The van der Waals surface area contributed by atoms with Crippen molar-refractivity contribution < 1.29 is 14.7 Å². The van der Waals surface area contributed by atoms with Crippen LogP contribution in [0.5, 0.6) is 0 Å². The monoisotopic (exact) mass is 322 g/mol. The third-order valence-corrected chi connectivity index (χ3v) is 4.08. The van der Waals surface area contributed by atoms with Gasteiger partial charge in [-0.2, -0.15) is 0 Å². The molecule has 3 rings (SSSR count). The Bertz CT molecular complexity index is 847. The van der Waals surface area contributed by atoms with Gasteiger partial charge in [-0.05, 0) is 37.8 Å². The number of carboxylic acid groups (broad SMARTS) is 1. The Morgan fingerprint density at radius 3 is 2.75 bits per heavy atom. The molecule has 2 N–H and O–H groups in total. The van der Waals surface area contributed by atoms with Crippen LogP contribution in [0.15, 0.2) is 53.9 Å². The van der Waals surface area contributed by atoms with Crippen molar-refractivity contribution in [3.63, 3.8) is 0 Å². The Morgan fingerprint density at radius 1 is 1.12 bits per heavy atom. The number of aliphatic carboxylic acids is 1. The third-order valence-electron chi connectivity index (χ3n) is 4.08. The highest BCUT2D eigenvalue weighted by molar-refractivity contribution is 5.97. The Hall–Kier alpha value is -2.95. The first-order valence-electron chi connectivity index (χ1n) is 7.93. The van der Waals surface area contributed by atoms with Gasteiger partial charge in [-0.25, -0.2) is 4.79 Å². The smallest absolute Gasteiger partial charge is 0.333 e. The number of benzene rings is 1. The fraction of sp³-hybridized carbons (Fsp3) is 0.211. The zero-order valence-electron chi connectivity index (χ0n) is 13.2. The second kappa shape index (κ2) is 7.08. The van der Waals surface area contributed by atoms with Crippen LogP contribution in [0, 0.1) is 0 Å². The van der Waals surface area contributed by atoms with Crippen molar-refractivity contribution in [1.82, 2.24) is 10.3 Å². The van der Waals surface area contributed by atoms with Crippen molar-refractivity contribution in [2.24, 2.45) is 0 Å². The van der Waals surface area contributed by atoms with Crippen LogP contribution in [0.4, 0.5) is 0 Å². The molecule has 0 spiro atoms. The van der Waals surface area contributed by atoms with E-state index in [1.54, 1.807) is 12.3 Å². The average Bonchev–Trinajstić information content (AvgIpc) is 2.60. The number of nitrogens with zero attached hydrogens (tertiary/aromatic N) is 1. The Balaban J connectivity index is 1.79. The number of amides is 1. The topological polar surface area (TPSA) is 79.3 Å². The summed E-state index contributed by atoms with van der Waals surface area (Å²) in [5.74, 6) is -1.27. The van der Waals surface area contributed by atoms with Crippen LogP contribution in [-0.4, -0.2) is 22.0 Å². The van der Waals surface area contributed by atoms with E-state index in [1.165, 1.54) is 6.08 Å². The van der Waals surface area contributed by atoms with Crippen LogP contribution < -0.4 is 5.32 Å². The maximum absolute atomic E-state index is 12.1. The number of carboxylic acids is 1. The number of pyridine rings is 1. The van der Waals surface area contributed by atoms with Gasteiger partial charge in [0.25, 0.3) is 0 Å². The van der Waals surface area contributed by atoms with Crippen molar-refractivity contribution in [1.29, 1.82) is 0 Å². The summed E-state index contributed by atoms with van der Waals surface area (Å²) in [4.78, 5) is 27.7. The molecular weight excluding hydrogens is 304 g/mol. The molecule has 2 aromatic rings. The number of allylic oxidation sites excluding steroid dienone is 1. The fourth-order valence-electron chi connectivity index (χ4n) is 2.90. The maximum atomic E-state index is 12.1. The molecule has 0 radical (unpaired) electrons. The molecule has 0 aliphatic heterocycles. The standard InChI is InChI=1S/C19H18N2O3/c22-17(21-16-9-2-1-8-15(16)19(23)24)11-10-14-6-3-5-13-7-4-12-20-18(13)14/h3-7,10-12H,1-2,8-9H2,(H,21,22)(H,23,24)/b11-10+. The van der Waals surface area contributed by atoms with Gasteiger partial charge < -0.3 is 10.4 Å². The molecule has 1 heterocycles. The quantitative estimate of drug-likeness (QED) is 0.847. The number of carbonyl (C=O) groups is 2. The summed E-state index contributed by atoms with van der Waals surface area (Å²) in [6.07, 6.45) is 7.67. The van der Waals surface area contributed by atoms with Gasteiger partial charge in [0.1, 0.15) is 0 Å². The first-order valence-corrected chi connectivity index (χ1v) is 7.93. The summed E-state index contributed by atoms with van der Waals surface area (Å²) in [7, 11) is 0. The lowest BCUT2D eigenvalue weighted by atomic mass is 9.96. The summed E-state index contributed by atoms with van der Waals surface area (Å²) >= 11 is 0. The fourth-order valence-corrected chi connectivity index (χ4v) is 2.90. The molecule has 0 saturated carbocycles. The Kier molecular flexibility index (Phi) is 4.70. The Morgan fingerprint density at radius 2 is 1.92 bits per heavy atom. The van der Waals surface area contributed by atoms with Crippen LogP contribution in [0.2, 0.25) is 0 Å². The molecule has 1 aromatic heterocycles. The van der Waals surface area contributed by atoms with E-state index in [4.69, 9.17) is 0 Å². The number of aromatic nitrogens is 1. The highest BCUT2D eigenvalue weighted by atomic mass is 16.4. The third kappa shape index (κ3) is 3.51. The highest BCUT2D eigenvalue weighted by Crippen LogP contribution is 2.23. The van der Waals surface area contributed by atoms with E-state index in [-0.39, 0.29) is 5.91 Å². The normalized spacial score (nSPS) is 15.0. The van der Waals surface area contributed by atoms with Crippen LogP contribution >= 0.6 is 0 Å². The van der Waals surface area contributed by atoms with Gasteiger partial charge in [0.05, 0.1) is 11.1 Å². The number of hydrogen-bond donors (Lipinski definition) is 2. The lowest BCUT2D eigenvalue weighted by Gasteiger charge is -2.17. The van der Waals surface area contributed by atoms with Crippen LogP contribution in [-0.2, 0) is 9.59 Å². The molecular formula is C19H18N2O3. The van der Waals surface area contributed by atoms with Crippen LogP contribution in [0.25, 0.3) is 17.0 Å². The SMILES string of the molecule is O=C(/C=C/c1cccc2cccnc12)NC1=C(C(=O)O)CCCC1. The minimum atomic E-state index is -0.952. The van der Waals surface area contributed by atoms with Gasteiger partial charge in [0.2, 0.25) is 5.91 Å². The summed E-state index contributed by atoms with van der Waals surface area (Å²) in [5, 5.41) is 12.9. The molecule has 122 valence electrons. The van der Waals surface area contributed by atoms with E-state index in [9.17, 15) is 14.7 Å². The molecule has 0 fully saturated rings. The second-order valence-electron chi connectivity index (χ2n) is 5.71. The van der Waals surface area contributed by atoms with Gasteiger partial charge in [-0.3, -0.25) is 9.78 Å². The van der Waals surface area contributed by atoms with Gasteiger partial charge >= 0.3 is 5.97 Å². The van der Waals surface area contributed by atoms with Crippen LogP contribution in [0.3, 0.4) is 0 Å². The predicted octanol–water partition coefficient (Wildman–Crippen LogP) is 3.28. The molecule has 1 aliphatic rings. The molecule has 0 bridgehead atoms. The zero-order valence-corrected chi connectivity index (χ0v) is 13.2. The summed E-state index contributed by atoms with van der Waals surface area (Å²) in [5.41, 5.74) is 2.51. The van der Waals surface area contributed by atoms with E-state index in [2.05, 4.69) is 10.3 Å². The number of para-hydroxylation sites is 1. The van der Waals surface area contributed by atoms with Gasteiger partial charge in [0.15, 0.2) is 0 Å². The molecule has 5 heteroatoms. The molecule has 0 unspecified atom stereocenters. The second-order valence-corrected chi connectivity index (χ2v) is 5.71. The van der Waals surface area contributed by atoms with Gasteiger partial charge in [-0.15, -0.1) is 0 Å². The number of nitrogens with one attached hydrogen (secondary N) is 1. The first kappa shape index (κ1) is 15.9. The molecule has 1 aromatic carbocycles. The predicted molar refractivity (Wildman–Crippen MR) is 92.0 cm³/mol. The van der Waals surface area contributed by atoms with Gasteiger partial charge in [0, 0.05) is 28.9 Å².